The Morgan fingerprint density at radius 3 is 2.79 bits per heavy atom. The molecule has 0 aliphatic rings. The Morgan fingerprint density at radius 1 is 1.36 bits per heavy atom. The number of anilines is 1. The van der Waals surface area contributed by atoms with E-state index in [1.807, 2.05) is 6.07 Å². The van der Waals surface area contributed by atoms with E-state index < -0.39 is 0 Å². The van der Waals surface area contributed by atoms with Crippen molar-refractivity contribution in [2.75, 3.05) is 5.32 Å². The van der Waals surface area contributed by atoms with Crippen LogP contribution in [0.25, 0.3) is 0 Å². The van der Waals surface area contributed by atoms with Crippen molar-refractivity contribution in [3.05, 3.63) is 33.9 Å². The molecule has 5 nitrogen and oxygen atoms in total. The molecule has 72 valence electrons. The van der Waals surface area contributed by atoms with Crippen LogP contribution in [0, 0.1) is 3.57 Å². The van der Waals surface area contributed by atoms with Crippen LogP contribution in [0.5, 0.6) is 0 Å². The van der Waals surface area contributed by atoms with Crippen molar-refractivity contribution in [1.29, 1.82) is 0 Å². The van der Waals surface area contributed by atoms with E-state index in [-0.39, 0.29) is 0 Å². The SMILES string of the molecule is Ic1cnc(NCc2cc[nH]n2)nc1. The van der Waals surface area contributed by atoms with Crippen molar-refractivity contribution in [3.63, 3.8) is 0 Å². The normalized spacial score (nSPS) is 10.1. The molecule has 0 saturated carbocycles. The van der Waals surface area contributed by atoms with Gasteiger partial charge in [0.1, 0.15) is 0 Å². The summed E-state index contributed by atoms with van der Waals surface area (Å²) in [5, 5.41) is 9.81. The number of hydrogen-bond donors (Lipinski definition) is 2. The van der Waals surface area contributed by atoms with Gasteiger partial charge in [-0.2, -0.15) is 5.10 Å². The molecule has 0 unspecified atom stereocenters. The third kappa shape index (κ3) is 2.41. The first-order chi connectivity index (χ1) is 6.84. The fraction of sp³-hybridized carbons (Fsp3) is 0.125. The van der Waals surface area contributed by atoms with Gasteiger partial charge in [-0.3, -0.25) is 5.10 Å². The number of aromatic nitrogens is 4. The van der Waals surface area contributed by atoms with Crippen molar-refractivity contribution in [2.45, 2.75) is 6.54 Å². The second-order valence-corrected chi connectivity index (χ2v) is 3.89. The van der Waals surface area contributed by atoms with E-state index in [9.17, 15) is 0 Å². The molecule has 2 heterocycles. The third-order valence-corrected chi connectivity index (χ3v) is 2.16. The summed E-state index contributed by atoms with van der Waals surface area (Å²) < 4.78 is 1.02. The van der Waals surface area contributed by atoms with Gasteiger partial charge in [0.25, 0.3) is 0 Å². The molecule has 0 spiro atoms. The van der Waals surface area contributed by atoms with Crippen LogP contribution >= 0.6 is 22.6 Å². The molecule has 6 heteroatoms. The van der Waals surface area contributed by atoms with Crippen molar-refractivity contribution < 1.29 is 0 Å². The van der Waals surface area contributed by atoms with E-state index in [0.29, 0.717) is 12.5 Å². The maximum absolute atomic E-state index is 4.11. The molecule has 0 amide bonds. The number of nitrogens with one attached hydrogen (secondary N) is 2. The van der Waals surface area contributed by atoms with Gasteiger partial charge in [-0.25, -0.2) is 9.97 Å². The second kappa shape index (κ2) is 4.36. The molecule has 0 atom stereocenters. The van der Waals surface area contributed by atoms with Crippen LogP contribution in [0.15, 0.2) is 24.7 Å². The highest BCUT2D eigenvalue weighted by molar-refractivity contribution is 14.1. The quantitative estimate of drug-likeness (QED) is 0.841. The summed E-state index contributed by atoms with van der Waals surface area (Å²) in [6.45, 7) is 0.629. The Labute approximate surface area is 94.5 Å². The van der Waals surface area contributed by atoms with Crippen molar-refractivity contribution in [2.24, 2.45) is 0 Å². The van der Waals surface area contributed by atoms with Crippen LogP contribution in [-0.2, 0) is 6.54 Å². The van der Waals surface area contributed by atoms with Gasteiger partial charge in [0, 0.05) is 22.2 Å². The molecular formula is C8H8IN5. The number of aromatic amines is 1. The van der Waals surface area contributed by atoms with Crippen LogP contribution < -0.4 is 5.32 Å². The van der Waals surface area contributed by atoms with Crippen molar-refractivity contribution in [1.82, 2.24) is 20.2 Å². The minimum Gasteiger partial charge on any atom is -0.348 e. The molecule has 2 aromatic heterocycles. The first-order valence-corrected chi connectivity index (χ1v) is 5.12. The van der Waals surface area contributed by atoms with Gasteiger partial charge in [-0.15, -0.1) is 0 Å². The highest BCUT2D eigenvalue weighted by Crippen LogP contribution is 2.03. The minimum atomic E-state index is 0.619. The number of hydrogen-bond acceptors (Lipinski definition) is 4. The summed E-state index contributed by atoms with van der Waals surface area (Å²) in [7, 11) is 0. The first-order valence-electron chi connectivity index (χ1n) is 4.04. The van der Waals surface area contributed by atoms with Crippen LogP contribution in [0.4, 0.5) is 5.95 Å². The first kappa shape index (κ1) is 9.38. The van der Waals surface area contributed by atoms with Crippen LogP contribution in [0.2, 0.25) is 0 Å². The number of halogens is 1. The van der Waals surface area contributed by atoms with E-state index in [1.165, 1.54) is 0 Å². The maximum atomic E-state index is 4.11. The molecule has 2 aromatic rings. The van der Waals surface area contributed by atoms with E-state index in [1.54, 1.807) is 18.6 Å². The van der Waals surface area contributed by atoms with Crippen molar-refractivity contribution >= 4 is 28.5 Å². The molecular weight excluding hydrogens is 293 g/mol. The highest BCUT2D eigenvalue weighted by Gasteiger charge is 1.97. The average molecular weight is 301 g/mol. The fourth-order valence-electron chi connectivity index (χ4n) is 0.963. The monoisotopic (exact) mass is 301 g/mol. The Balaban J connectivity index is 1.95. The Kier molecular flexibility index (Phi) is 2.92. The van der Waals surface area contributed by atoms with Crippen LogP contribution in [0.1, 0.15) is 5.69 Å². The molecule has 2 rings (SSSR count). The summed E-state index contributed by atoms with van der Waals surface area (Å²) >= 11 is 2.17. The zero-order chi connectivity index (χ0) is 9.80. The zero-order valence-corrected chi connectivity index (χ0v) is 9.39. The number of nitrogens with zero attached hydrogens (tertiary/aromatic N) is 3. The molecule has 2 N–H and O–H groups in total. The summed E-state index contributed by atoms with van der Waals surface area (Å²) in [4.78, 5) is 8.22. The molecule has 0 saturated heterocycles. The van der Waals surface area contributed by atoms with E-state index in [2.05, 4.69) is 48.1 Å². The average Bonchev–Trinajstić information content (AvgIpc) is 2.70. The van der Waals surface area contributed by atoms with Gasteiger partial charge in [-0.1, -0.05) is 0 Å². The summed E-state index contributed by atoms with van der Waals surface area (Å²) in [5.41, 5.74) is 0.937. The number of H-pyrrole nitrogens is 1. The van der Waals surface area contributed by atoms with Crippen molar-refractivity contribution in [3.8, 4) is 0 Å². The minimum absolute atomic E-state index is 0.619. The van der Waals surface area contributed by atoms with E-state index in [4.69, 9.17) is 0 Å². The standard InChI is InChI=1S/C8H8IN5/c9-6-3-10-8(11-4-6)12-5-7-1-2-13-14-7/h1-4H,5H2,(H,13,14)(H,10,11,12). The lowest BCUT2D eigenvalue weighted by molar-refractivity contribution is 0.960. The van der Waals surface area contributed by atoms with Crippen LogP contribution in [-0.4, -0.2) is 20.2 Å². The lowest BCUT2D eigenvalue weighted by Crippen LogP contribution is -2.03. The topological polar surface area (TPSA) is 66.5 Å². The predicted molar refractivity (Wildman–Crippen MR) is 60.7 cm³/mol. The summed E-state index contributed by atoms with van der Waals surface area (Å²) in [6.07, 6.45) is 5.31. The Bertz CT molecular complexity index is 383. The smallest absolute Gasteiger partial charge is 0.222 e. The molecule has 0 aliphatic carbocycles. The van der Waals surface area contributed by atoms with Gasteiger partial charge >= 0.3 is 0 Å². The zero-order valence-electron chi connectivity index (χ0n) is 7.24. The lowest BCUT2D eigenvalue weighted by atomic mass is 10.4. The van der Waals surface area contributed by atoms with Gasteiger partial charge in [0.2, 0.25) is 5.95 Å². The molecule has 0 aromatic carbocycles. The van der Waals surface area contributed by atoms with Gasteiger partial charge in [-0.05, 0) is 28.7 Å². The summed E-state index contributed by atoms with van der Waals surface area (Å²) in [6, 6.07) is 1.90. The molecule has 0 aliphatic heterocycles. The molecule has 14 heavy (non-hydrogen) atoms. The fourth-order valence-corrected chi connectivity index (χ4v) is 1.24. The lowest BCUT2D eigenvalue weighted by Gasteiger charge is -2.00. The highest BCUT2D eigenvalue weighted by atomic mass is 127. The largest absolute Gasteiger partial charge is 0.348 e. The number of rotatable bonds is 3. The molecule has 0 bridgehead atoms. The van der Waals surface area contributed by atoms with E-state index in [0.717, 1.165) is 9.26 Å². The maximum Gasteiger partial charge on any atom is 0.222 e. The predicted octanol–water partition coefficient (Wildman–Crippen LogP) is 1.42. The van der Waals surface area contributed by atoms with Gasteiger partial charge in [0.15, 0.2) is 0 Å². The second-order valence-electron chi connectivity index (χ2n) is 2.64. The summed E-state index contributed by atoms with van der Waals surface area (Å²) in [5.74, 6) is 0.619. The van der Waals surface area contributed by atoms with Crippen LogP contribution in [0.3, 0.4) is 0 Å². The molecule has 0 radical (unpaired) electrons. The Hall–Kier alpha value is -1.18. The Morgan fingerprint density at radius 2 is 2.14 bits per heavy atom. The third-order valence-electron chi connectivity index (χ3n) is 1.61. The van der Waals surface area contributed by atoms with Gasteiger partial charge in [0.05, 0.1) is 12.2 Å². The van der Waals surface area contributed by atoms with E-state index >= 15 is 0 Å². The van der Waals surface area contributed by atoms with Gasteiger partial charge < -0.3 is 5.32 Å². The molecule has 0 fully saturated rings.